The standard InChI is InChI=1S/C15H20FNO2/c1-10(17-15(18)11-5-3-4-6-11)12-7-8-14(19-2)13(16)9-12/h7-11H,3-6H2,1-2H3,(H,17,18)/t10-/m1/s1. The van der Waals surface area contributed by atoms with Crippen LogP contribution in [0.25, 0.3) is 0 Å². The topological polar surface area (TPSA) is 38.3 Å². The lowest BCUT2D eigenvalue weighted by Crippen LogP contribution is -2.31. The second-order valence-electron chi connectivity index (χ2n) is 5.11. The molecule has 1 saturated carbocycles. The van der Waals surface area contributed by atoms with Crippen LogP contribution in [0.3, 0.4) is 0 Å². The molecule has 0 radical (unpaired) electrons. The SMILES string of the molecule is COc1ccc([C@@H](C)NC(=O)C2CCCC2)cc1F. The van der Waals surface area contributed by atoms with E-state index < -0.39 is 5.82 Å². The van der Waals surface area contributed by atoms with Gasteiger partial charge in [0.25, 0.3) is 0 Å². The first-order valence-corrected chi connectivity index (χ1v) is 6.75. The average Bonchev–Trinajstić information content (AvgIpc) is 2.92. The smallest absolute Gasteiger partial charge is 0.223 e. The highest BCUT2D eigenvalue weighted by Gasteiger charge is 2.24. The predicted octanol–water partition coefficient (Wildman–Crippen LogP) is 3.20. The maximum Gasteiger partial charge on any atom is 0.223 e. The van der Waals surface area contributed by atoms with Gasteiger partial charge in [-0.3, -0.25) is 4.79 Å². The van der Waals surface area contributed by atoms with Crippen molar-refractivity contribution < 1.29 is 13.9 Å². The molecule has 1 atom stereocenters. The molecule has 1 aliphatic rings. The van der Waals surface area contributed by atoms with Gasteiger partial charge >= 0.3 is 0 Å². The summed E-state index contributed by atoms with van der Waals surface area (Å²) in [4.78, 5) is 12.0. The van der Waals surface area contributed by atoms with Crippen molar-refractivity contribution in [3.05, 3.63) is 29.6 Å². The Hall–Kier alpha value is -1.58. The van der Waals surface area contributed by atoms with Crippen LogP contribution in [0.1, 0.15) is 44.2 Å². The Labute approximate surface area is 113 Å². The van der Waals surface area contributed by atoms with E-state index in [-0.39, 0.29) is 23.6 Å². The molecular formula is C15H20FNO2. The van der Waals surface area contributed by atoms with Gasteiger partial charge in [0.05, 0.1) is 13.2 Å². The summed E-state index contributed by atoms with van der Waals surface area (Å²) in [5.41, 5.74) is 0.754. The molecule has 0 spiro atoms. The summed E-state index contributed by atoms with van der Waals surface area (Å²) in [6.45, 7) is 1.87. The van der Waals surface area contributed by atoms with Crippen LogP contribution < -0.4 is 10.1 Å². The number of methoxy groups -OCH3 is 1. The number of benzene rings is 1. The summed E-state index contributed by atoms with van der Waals surface area (Å²) in [5, 5.41) is 2.96. The first kappa shape index (κ1) is 13.8. The quantitative estimate of drug-likeness (QED) is 0.908. The highest BCUT2D eigenvalue weighted by Crippen LogP contribution is 2.26. The highest BCUT2D eigenvalue weighted by molar-refractivity contribution is 5.79. The zero-order valence-electron chi connectivity index (χ0n) is 11.4. The van der Waals surface area contributed by atoms with Gasteiger partial charge in [-0.25, -0.2) is 4.39 Å². The molecule has 3 nitrogen and oxygen atoms in total. The van der Waals surface area contributed by atoms with Crippen molar-refractivity contribution in [1.29, 1.82) is 0 Å². The van der Waals surface area contributed by atoms with Gasteiger partial charge in [-0.05, 0) is 37.5 Å². The van der Waals surface area contributed by atoms with E-state index in [4.69, 9.17) is 4.74 Å². The number of hydrogen-bond donors (Lipinski definition) is 1. The third-order valence-electron chi connectivity index (χ3n) is 3.76. The van der Waals surface area contributed by atoms with Gasteiger partial charge in [0, 0.05) is 5.92 Å². The van der Waals surface area contributed by atoms with E-state index in [0.717, 1.165) is 31.2 Å². The van der Waals surface area contributed by atoms with E-state index in [2.05, 4.69) is 5.32 Å². The Morgan fingerprint density at radius 2 is 2.11 bits per heavy atom. The van der Waals surface area contributed by atoms with Crippen molar-refractivity contribution in [2.45, 2.75) is 38.6 Å². The first-order valence-electron chi connectivity index (χ1n) is 6.75. The van der Waals surface area contributed by atoms with Gasteiger partial charge in [0.15, 0.2) is 11.6 Å². The molecule has 1 aromatic rings. The van der Waals surface area contributed by atoms with Crippen molar-refractivity contribution in [2.75, 3.05) is 7.11 Å². The molecule has 1 fully saturated rings. The second kappa shape index (κ2) is 6.04. The highest BCUT2D eigenvalue weighted by atomic mass is 19.1. The third kappa shape index (κ3) is 3.25. The van der Waals surface area contributed by atoms with Crippen LogP contribution >= 0.6 is 0 Å². The Kier molecular flexibility index (Phi) is 4.40. The van der Waals surface area contributed by atoms with E-state index in [9.17, 15) is 9.18 Å². The van der Waals surface area contributed by atoms with Crippen LogP contribution in [0.15, 0.2) is 18.2 Å². The summed E-state index contributed by atoms with van der Waals surface area (Å²) in [6.07, 6.45) is 4.19. The van der Waals surface area contributed by atoms with Crippen molar-refractivity contribution in [3.63, 3.8) is 0 Å². The van der Waals surface area contributed by atoms with Gasteiger partial charge in [-0.2, -0.15) is 0 Å². The fourth-order valence-corrected chi connectivity index (χ4v) is 2.55. The van der Waals surface area contributed by atoms with E-state index in [1.54, 1.807) is 12.1 Å². The summed E-state index contributed by atoms with van der Waals surface area (Å²) < 4.78 is 18.5. The molecule has 1 amide bonds. The molecule has 0 saturated heterocycles. The monoisotopic (exact) mass is 265 g/mol. The minimum absolute atomic E-state index is 0.0845. The van der Waals surface area contributed by atoms with E-state index in [1.807, 2.05) is 6.92 Å². The molecule has 104 valence electrons. The van der Waals surface area contributed by atoms with Crippen LogP contribution in [-0.4, -0.2) is 13.0 Å². The van der Waals surface area contributed by atoms with E-state index in [0.29, 0.717) is 0 Å². The van der Waals surface area contributed by atoms with Crippen LogP contribution in [0.4, 0.5) is 4.39 Å². The number of nitrogens with one attached hydrogen (secondary N) is 1. The Bertz CT molecular complexity index is 455. The predicted molar refractivity (Wildman–Crippen MR) is 71.5 cm³/mol. The average molecular weight is 265 g/mol. The van der Waals surface area contributed by atoms with Crippen molar-refractivity contribution in [3.8, 4) is 5.75 Å². The number of halogens is 1. The maximum atomic E-state index is 13.6. The molecule has 0 heterocycles. The van der Waals surface area contributed by atoms with Gasteiger partial charge in [-0.15, -0.1) is 0 Å². The number of hydrogen-bond acceptors (Lipinski definition) is 2. The molecule has 19 heavy (non-hydrogen) atoms. The Balaban J connectivity index is 2.00. The summed E-state index contributed by atoms with van der Waals surface area (Å²) in [7, 11) is 1.43. The summed E-state index contributed by atoms with van der Waals surface area (Å²) in [5.74, 6) is 0.0341. The van der Waals surface area contributed by atoms with Gasteiger partial charge < -0.3 is 10.1 Å². The van der Waals surface area contributed by atoms with Gasteiger partial charge in [0.1, 0.15) is 0 Å². The lowest BCUT2D eigenvalue weighted by atomic mass is 10.0. The molecule has 4 heteroatoms. The summed E-state index contributed by atoms with van der Waals surface area (Å²) >= 11 is 0. The van der Waals surface area contributed by atoms with Gasteiger partial charge in [-0.1, -0.05) is 18.9 Å². The largest absolute Gasteiger partial charge is 0.494 e. The minimum Gasteiger partial charge on any atom is -0.494 e. The number of ether oxygens (including phenoxy) is 1. The molecular weight excluding hydrogens is 245 g/mol. The van der Waals surface area contributed by atoms with E-state index >= 15 is 0 Å². The molecule has 1 aromatic carbocycles. The fourth-order valence-electron chi connectivity index (χ4n) is 2.55. The van der Waals surface area contributed by atoms with Crippen LogP contribution in [0, 0.1) is 11.7 Å². The summed E-state index contributed by atoms with van der Waals surface area (Å²) in [6, 6.07) is 4.59. The number of carbonyl (C=O) groups is 1. The van der Waals surface area contributed by atoms with Crippen LogP contribution in [0.2, 0.25) is 0 Å². The molecule has 2 rings (SSSR count). The third-order valence-corrected chi connectivity index (χ3v) is 3.76. The lowest BCUT2D eigenvalue weighted by Gasteiger charge is -2.17. The van der Waals surface area contributed by atoms with Crippen molar-refractivity contribution in [2.24, 2.45) is 5.92 Å². The fraction of sp³-hybridized carbons (Fsp3) is 0.533. The van der Waals surface area contributed by atoms with Crippen LogP contribution in [0.5, 0.6) is 5.75 Å². The van der Waals surface area contributed by atoms with Crippen molar-refractivity contribution >= 4 is 5.91 Å². The second-order valence-corrected chi connectivity index (χ2v) is 5.11. The molecule has 1 N–H and O–H groups in total. The zero-order chi connectivity index (χ0) is 13.8. The first-order chi connectivity index (χ1) is 9.11. The molecule has 0 unspecified atom stereocenters. The minimum atomic E-state index is -0.401. The number of amides is 1. The lowest BCUT2D eigenvalue weighted by molar-refractivity contribution is -0.125. The number of rotatable bonds is 4. The number of carbonyl (C=O) groups excluding carboxylic acids is 1. The van der Waals surface area contributed by atoms with Gasteiger partial charge in [0.2, 0.25) is 5.91 Å². The molecule has 1 aliphatic carbocycles. The maximum absolute atomic E-state index is 13.6. The van der Waals surface area contributed by atoms with E-state index in [1.165, 1.54) is 13.2 Å². The van der Waals surface area contributed by atoms with Crippen molar-refractivity contribution in [1.82, 2.24) is 5.32 Å². The normalized spacial score (nSPS) is 17.2. The Morgan fingerprint density at radius 3 is 2.68 bits per heavy atom. The van der Waals surface area contributed by atoms with Crippen LogP contribution in [-0.2, 0) is 4.79 Å². The zero-order valence-corrected chi connectivity index (χ0v) is 11.4. The molecule has 0 bridgehead atoms. The molecule has 0 aromatic heterocycles. The molecule has 0 aliphatic heterocycles. The Morgan fingerprint density at radius 1 is 1.42 bits per heavy atom.